The summed E-state index contributed by atoms with van der Waals surface area (Å²) >= 11 is 3.16. The van der Waals surface area contributed by atoms with Gasteiger partial charge in [-0.2, -0.15) is 0 Å². The number of piperidine rings is 1. The normalized spacial score (nSPS) is 18.5. The van der Waals surface area contributed by atoms with E-state index >= 15 is 0 Å². The Morgan fingerprint density at radius 2 is 2.12 bits per heavy atom. The number of hydrogen-bond acceptors (Lipinski definition) is 2. The van der Waals surface area contributed by atoms with Crippen molar-refractivity contribution in [1.29, 1.82) is 0 Å². The Balaban J connectivity index is 1.83. The molecule has 0 aliphatic carbocycles. The highest BCUT2D eigenvalue weighted by atomic mass is 79.9. The molecule has 1 aromatic rings. The predicted molar refractivity (Wildman–Crippen MR) is 71.5 cm³/mol. The Morgan fingerprint density at radius 3 is 2.76 bits per heavy atom. The number of nitrogens with one attached hydrogen (secondary N) is 1. The Kier molecular flexibility index (Phi) is 4.54. The third-order valence-electron chi connectivity index (χ3n) is 3.30. The molecule has 1 saturated heterocycles. The average molecular weight is 301 g/mol. The highest BCUT2D eigenvalue weighted by Gasteiger charge is 2.15. The van der Waals surface area contributed by atoms with E-state index in [0.29, 0.717) is 10.5 Å². The van der Waals surface area contributed by atoms with Crippen LogP contribution >= 0.6 is 15.9 Å². The summed E-state index contributed by atoms with van der Waals surface area (Å²) in [5.74, 6) is -0.187. The van der Waals surface area contributed by atoms with Crippen molar-refractivity contribution < 1.29 is 4.39 Å². The van der Waals surface area contributed by atoms with Crippen LogP contribution in [0.2, 0.25) is 0 Å². The van der Waals surface area contributed by atoms with Crippen LogP contribution in [0.4, 0.5) is 4.39 Å². The van der Waals surface area contributed by atoms with Gasteiger partial charge in [-0.3, -0.25) is 0 Å². The molecular weight excluding hydrogens is 283 g/mol. The van der Waals surface area contributed by atoms with Gasteiger partial charge >= 0.3 is 0 Å². The summed E-state index contributed by atoms with van der Waals surface area (Å²) in [4.78, 5) is 2.34. The van der Waals surface area contributed by atoms with Gasteiger partial charge in [0.25, 0.3) is 0 Å². The van der Waals surface area contributed by atoms with E-state index in [-0.39, 0.29) is 5.82 Å². The fourth-order valence-corrected chi connectivity index (χ4v) is 2.37. The molecule has 0 bridgehead atoms. The first-order valence-corrected chi connectivity index (χ1v) is 6.80. The Bertz CT molecular complexity index is 376. The quantitative estimate of drug-likeness (QED) is 0.923. The van der Waals surface area contributed by atoms with Gasteiger partial charge in [-0.05, 0) is 66.6 Å². The van der Waals surface area contributed by atoms with Crippen LogP contribution < -0.4 is 5.32 Å². The maximum Gasteiger partial charge on any atom is 0.137 e. The molecule has 1 N–H and O–H groups in total. The van der Waals surface area contributed by atoms with Gasteiger partial charge in [0, 0.05) is 12.6 Å². The number of rotatable bonds is 3. The van der Waals surface area contributed by atoms with E-state index in [1.54, 1.807) is 12.1 Å². The van der Waals surface area contributed by atoms with Crippen molar-refractivity contribution in [1.82, 2.24) is 10.2 Å². The zero-order valence-corrected chi connectivity index (χ0v) is 11.6. The SMILES string of the molecule is CN1CCC(NCc2ccc(Br)c(F)c2)CC1. The minimum atomic E-state index is -0.187. The largest absolute Gasteiger partial charge is 0.310 e. The molecule has 1 aliphatic heterocycles. The molecule has 0 radical (unpaired) electrons. The van der Waals surface area contributed by atoms with Crippen molar-refractivity contribution in [2.45, 2.75) is 25.4 Å². The summed E-state index contributed by atoms with van der Waals surface area (Å²) in [6.45, 7) is 3.04. The van der Waals surface area contributed by atoms with E-state index in [2.05, 4.69) is 33.2 Å². The van der Waals surface area contributed by atoms with E-state index in [1.807, 2.05) is 6.07 Å². The molecule has 1 aromatic carbocycles. The molecular formula is C13H18BrFN2. The van der Waals surface area contributed by atoms with Gasteiger partial charge in [-0.1, -0.05) is 6.07 Å². The van der Waals surface area contributed by atoms with Gasteiger partial charge in [0.15, 0.2) is 0 Å². The molecule has 94 valence electrons. The molecule has 1 fully saturated rings. The molecule has 0 spiro atoms. The van der Waals surface area contributed by atoms with Gasteiger partial charge in [-0.25, -0.2) is 4.39 Å². The summed E-state index contributed by atoms with van der Waals surface area (Å²) in [6.07, 6.45) is 2.35. The van der Waals surface area contributed by atoms with Gasteiger partial charge in [-0.15, -0.1) is 0 Å². The second-order valence-electron chi connectivity index (χ2n) is 4.71. The summed E-state index contributed by atoms with van der Waals surface area (Å²) in [7, 11) is 2.15. The topological polar surface area (TPSA) is 15.3 Å². The molecule has 2 rings (SSSR count). The maximum atomic E-state index is 13.3. The van der Waals surface area contributed by atoms with Crippen molar-refractivity contribution >= 4 is 15.9 Å². The second-order valence-corrected chi connectivity index (χ2v) is 5.56. The monoisotopic (exact) mass is 300 g/mol. The first-order chi connectivity index (χ1) is 8.15. The highest BCUT2D eigenvalue weighted by Crippen LogP contribution is 2.17. The molecule has 0 amide bonds. The first-order valence-electron chi connectivity index (χ1n) is 6.01. The molecule has 1 aliphatic rings. The highest BCUT2D eigenvalue weighted by molar-refractivity contribution is 9.10. The van der Waals surface area contributed by atoms with Crippen LogP contribution in [0.5, 0.6) is 0 Å². The number of nitrogens with zero attached hydrogens (tertiary/aromatic N) is 1. The third kappa shape index (κ3) is 3.76. The zero-order chi connectivity index (χ0) is 12.3. The van der Waals surface area contributed by atoms with Crippen molar-refractivity contribution in [3.05, 3.63) is 34.1 Å². The smallest absolute Gasteiger partial charge is 0.137 e. The minimum Gasteiger partial charge on any atom is -0.310 e. The molecule has 0 unspecified atom stereocenters. The second kappa shape index (κ2) is 5.94. The van der Waals surface area contributed by atoms with Crippen molar-refractivity contribution in [2.24, 2.45) is 0 Å². The van der Waals surface area contributed by atoms with Crippen molar-refractivity contribution in [3.63, 3.8) is 0 Å². The van der Waals surface area contributed by atoms with Crippen LogP contribution in [-0.4, -0.2) is 31.1 Å². The van der Waals surface area contributed by atoms with Gasteiger partial charge < -0.3 is 10.2 Å². The van der Waals surface area contributed by atoms with Crippen LogP contribution in [-0.2, 0) is 6.54 Å². The number of hydrogen-bond donors (Lipinski definition) is 1. The summed E-state index contributed by atoms with van der Waals surface area (Å²) < 4.78 is 13.8. The van der Waals surface area contributed by atoms with E-state index < -0.39 is 0 Å². The maximum absolute atomic E-state index is 13.3. The van der Waals surface area contributed by atoms with E-state index in [4.69, 9.17) is 0 Å². The van der Waals surface area contributed by atoms with E-state index in [9.17, 15) is 4.39 Å². The van der Waals surface area contributed by atoms with Crippen LogP contribution in [0.3, 0.4) is 0 Å². The van der Waals surface area contributed by atoms with Crippen LogP contribution in [0.15, 0.2) is 22.7 Å². The fraction of sp³-hybridized carbons (Fsp3) is 0.538. The Hall–Kier alpha value is -0.450. The molecule has 4 heteroatoms. The molecule has 2 nitrogen and oxygen atoms in total. The standard InChI is InChI=1S/C13H18BrFN2/c1-17-6-4-11(5-7-17)16-9-10-2-3-12(14)13(15)8-10/h2-3,8,11,16H,4-7,9H2,1H3. The average Bonchev–Trinajstić information content (AvgIpc) is 2.33. The summed E-state index contributed by atoms with van der Waals surface area (Å²) in [5, 5.41) is 3.50. The van der Waals surface area contributed by atoms with Gasteiger partial charge in [0.05, 0.1) is 4.47 Å². The molecule has 17 heavy (non-hydrogen) atoms. The van der Waals surface area contributed by atoms with Crippen molar-refractivity contribution in [3.8, 4) is 0 Å². The fourth-order valence-electron chi connectivity index (χ4n) is 2.12. The van der Waals surface area contributed by atoms with Crippen LogP contribution in [0, 0.1) is 5.82 Å². The number of benzene rings is 1. The Labute approximate surface area is 110 Å². The van der Waals surface area contributed by atoms with Gasteiger partial charge in [0.2, 0.25) is 0 Å². The zero-order valence-electron chi connectivity index (χ0n) is 10.0. The predicted octanol–water partition coefficient (Wildman–Crippen LogP) is 2.77. The molecule has 0 atom stereocenters. The molecule has 1 heterocycles. The lowest BCUT2D eigenvalue weighted by Gasteiger charge is -2.29. The number of likely N-dealkylation sites (tertiary alicyclic amines) is 1. The van der Waals surface area contributed by atoms with E-state index in [0.717, 1.165) is 25.2 Å². The first kappa shape index (κ1) is 13.0. The van der Waals surface area contributed by atoms with Crippen molar-refractivity contribution in [2.75, 3.05) is 20.1 Å². The van der Waals surface area contributed by atoms with Crippen LogP contribution in [0.1, 0.15) is 18.4 Å². The number of halogens is 2. The molecule has 0 aromatic heterocycles. The lowest BCUT2D eigenvalue weighted by molar-refractivity contribution is 0.234. The lowest BCUT2D eigenvalue weighted by atomic mass is 10.1. The third-order valence-corrected chi connectivity index (χ3v) is 3.94. The van der Waals surface area contributed by atoms with E-state index in [1.165, 1.54) is 12.8 Å². The lowest BCUT2D eigenvalue weighted by Crippen LogP contribution is -2.40. The van der Waals surface area contributed by atoms with Crippen LogP contribution in [0.25, 0.3) is 0 Å². The minimum absolute atomic E-state index is 0.187. The summed E-state index contributed by atoms with van der Waals surface area (Å²) in [6, 6.07) is 5.88. The molecule has 0 saturated carbocycles. The Morgan fingerprint density at radius 1 is 1.41 bits per heavy atom. The summed E-state index contributed by atoms with van der Waals surface area (Å²) in [5.41, 5.74) is 1.00. The van der Waals surface area contributed by atoms with Gasteiger partial charge in [0.1, 0.15) is 5.82 Å².